The van der Waals surface area contributed by atoms with Gasteiger partial charge in [-0.1, -0.05) is 0 Å². The summed E-state index contributed by atoms with van der Waals surface area (Å²) >= 11 is 4.81. The number of carbonyl (C=O) groups excluding carboxylic acids is 1. The molecule has 1 N–H and O–H groups in total. The molecular weight excluding hydrogens is 290 g/mol. The predicted octanol–water partition coefficient (Wildman–Crippen LogP) is 2.46. The minimum Gasteiger partial charge on any atom is -0.370 e. The number of hydrogen-bond acceptors (Lipinski definition) is 4. The number of nitrogens with one attached hydrogen (secondary N) is 1. The molecular formula is C11H14BrNO2S. The summed E-state index contributed by atoms with van der Waals surface area (Å²) in [5.41, 5.74) is 0. The van der Waals surface area contributed by atoms with E-state index in [1.165, 1.54) is 11.3 Å². The molecule has 0 unspecified atom stereocenters. The Morgan fingerprint density at radius 3 is 2.94 bits per heavy atom. The van der Waals surface area contributed by atoms with Gasteiger partial charge in [-0.05, 0) is 53.3 Å². The molecule has 0 aromatic carbocycles. The summed E-state index contributed by atoms with van der Waals surface area (Å²) < 4.78 is 6.49. The number of ketones is 1. The third-order valence-corrected chi connectivity index (χ3v) is 4.49. The Morgan fingerprint density at radius 1 is 1.56 bits per heavy atom. The molecule has 1 aromatic heterocycles. The summed E-state index contributed by atoms with van der Waals surface area (Å²) in [6, 6.07) is 1.89. The van der Waals surface area contributed by atoms with Gasteiger partial charge in [0.2, 0.25) is 0 Å². The Kier molecular flexibility index (Phi) is 4.52. The van der Waals surface area contributed by atoms with Gasteiger partial charge in [0, 0.05) is 4.47 Å². The second-order valence-electron chi connectivity index (χ2n) is 3.78. The van der Waals surface area contributed by atoms with Crippen LogP contribution in [0.25, 0.3) is 0 Å². The summed E-state index contributed by atoms with van der Waals surface area (Å²) in [6.45, 7) is 2.17. The number of hydrogen-bond donors (Lipinski definition) is 1. The highest BCUT2D eigenvalue weighted by atomic mass is 79.9. The smallest absolute Gasteiger partial charge is 0.199 e. The fourth-order valence-corrected chi connectivity index (χ4v) is 3.23. The van der Waals surface area contributed by atoms with Crippen molar-refractivity contribution in [3.8, 4) is 0 Å². The Balaban J connectivity index is 1.81. The Bertz CT molecular complexity index is 361. The van der Waals surface area contributed by atoms with E-state index >= 15 is 0 Å². The van der Waals surface area contributed by atoms with Crippen molar-refractivity contribution in [2.75, 3.05) is 19.7 Å². The molecule has 1 aliphatic heterocycles. The van der Waals surface area contributed by atoms with Crippen LogP contribution in [0.2, 0.25) is 0 Å². The van der Waals surface area contributed by atoms with Crippen LogP contribution in [0.5, 0.6) is 0 Å². The number of thiophene rings is 1. The molecule has 2 rings (SSSR count). The van der Waals surface area contributed by atoms with Crippen molar-refractivity contribution in [1.82, 2.24) is 5.32 Å². The van der Waals surface area contributed by atoms with Crippen molar-refractivity contribution in [1.29, 1.82) is 0 Å². The van der Waals surface area contributed by atoms with Gasteiger partial charge in [-0.15, -0.1) is 11.3 Å². The zero-order chi connectivity index (χ0) is 11.4. The van der Waals surface area contributed by atoms with Crippen LogP contribution in [-0.2, 0) is 4.74 Å². The lowest BCUT2D eigenvalue weighted by Gasteiger charge is -2.22. The standard InChI is InChI=1S/C11H14BrNO2S/c12-9-3-6-16-11(9)10(14)7-15-8-1-4-13-5-2-8/h3,6,8,13H,1-2,4-5,7H2. The lowest BCUT2D eigenvalue weighted by atomic mass is 10.1. The van der Waals surface area contributed by atoms with E-state index in [0.29, 0.717) is 0 Å². The lowest BCUT2D eigenvalue weighted by Crippen LogP contribution is -2.33. The van der Waals surface area contributed by atoms with Gasteiger partial charge in [0.1, 0.15) is 6.61 Å². The first-order valence-corrected chi connectivity index (χ1v) is 7.03. The second-order valence-corrected chi connectivity index (χ2v) is 5.55. The van der Waals surface area contributed by atoms with E-state index in [4.69, 9.17) is 4.74 Å². The van der Waals surface area contributed by atoms with E-state index in [1.807, 2.05) is 11.4 Å². The molecule has 0 spiro atoms. The first-order chi connectivity index (χ1) is 7.77. The summed E-state index contributed by atoms with van der Waals surface area (Å²) in [6.07, 6.45) is 2.24. The first kappa shape index (κ1) is 12.2. The first-order valence-electron chi connectivity index (χ1n) is 5.36. The van der Waals surface area contributed by atoms with Crippen molar-refractivity contribution in [2.45, 2.75) is 18.9 Å². The van der Waals surface area contributed by atoms with Gasteiger partial charge >= 0.3 is 0 Å². The molecule has 5 heteroatoms. The van der Waals surface area contributed by atoms with Gasteiger partial charge < -0.3 is 10.1 Å². The topological polar surface area (TPSA) is 38.3 Å². The van der Waals surface area contributed by atoms with E-state index < -0.39 is 0 Å². The van der Waals surface area contributed by atoms with Crippen LogP contribution in [-0.4, -0.2) is 31.6 Å². The molecule has 0 aliphatic carbocycles. The molecule has 1 aliphatic rings. The van der Waals surface area contributed by atoms with Crippen LogP contribution in [0, 0.1) is 0 Å². The molecule has 0 atom stereocenters. The molecule has 1 aromatic rings. The molecule has 1 saturated heterocycles. The SMILES string of the molecule is O=C(COC1CCNCC1)c1sccc1Br. The van der Waals surface area contributed by atoms with Gasteiger partial charge in [-0.2, -0.15) is 0 Å². The number of piperidine rings is 1. The van der Waals surface area contributed by atoms with Crippen LogP contribution >= 0.6 is 27.3 Å². The molecule has 1 fully saturated rings. The second kappa shape index (κ2) is 5.91. The fourth-order valence-electron chi connectivity index (χ4n) is 1.71. The molecule has 88 valence electrons. The van der Waals surface area contributed by atoms with Gasteiger partial charge in [0.25, 0.3) is 0 Å². The molecule has 0 radical (unpaired) electrons. The van der Waals surface area contributed by atoms with Crippen molar-refractivity contribution in [3.05, 3.63) is 20.8 Å². The number of halogens is 1. The highest BCUT2D eigenvalue weighted by Crippen LogP contribution is 2.23. The zero-order valence-corrected chi connectivity index (χ0v) is 11.3. The fraction of sp³-hybridized carbons (Fsp3) is 0.545. The summed E-state index contributed by atoms with van der Waals surface area (Å²) in [5, 5.41) is 5.17. The zero-order valence-electron chi connectivity index (χ0n) is 8.87. The largest absolute Gasteiger partial charge is 0.370 e. The minimum absolute atomic E-state index is 0.0698. The Morgan fingerprint density at radius 2 is 2.31 bits per heavy atom. The average Bonchev–Trinajstić information content (AvgIpc) is 2.74. The molecule has 3 nitrogen and oxygen atoms in total. The van der Waals surface area contributed by atoms with E-state index in [2.05, 4.69) is 21.2 Å². The van der Waals surface area contributed by atoms with Crippen molar-refractivity contribution in [3.63, 3.8) is 0 Å². The number of ether oxygens (including phenoxy) is 1. The van der Waals surface area contributed by atoms with Crippen LogP contribution in [0.1, 0.15) is 22.5 Å². The van der Waals surface area contributed by atoms with E-state index in [0.717, 1.165) is 35.3 Å². The lowest BCUT2D eigenvalue weighted by molar-refractivity contribution is 0.0319. The van der Waals surface area contributed by atoms with E-state index in [9.17, 15) is 4.79 Å². The quantitative estimate of drug-likeness (QED) is 0.869. The van der Waals surface area contributed by atoms with Crippen LogP contribution in [0.3, 0.4) is 0 Å². The maximum absolute atomic E-state index is 11.8. The minimum atomic E-state index is 0.0698. The van der Waals surface area contributed by atoms with Crippen molar-refractivity contribution < 1.29 is 9.53 Å². The van der Waals surface area contributed by atoms with Crippen LogP contribution < -0.4 is 5.32 Å². The number of rotatable bonds is 4. The maximum Gasteiger partial charge on any atom is 0.199 e. The molecule has 16 heavy (non-hydrogen) atoms. The van der Waals surface area contributed by atoms with Crippen molar-refractivity contribution in [2.24, 2.45) is 0 Å². The normalized spacial score (nSPS) is 17.6. The molecule has 0 amide bonds. The van der Waals surface area contributed by atoms with E-state index in [1.54, 1.807) is 0 Å². The Hall–Kier alpha value is -0.230. The van der Waals surface area contributed by atoms with Crippen LogP contribution in [0.15, 0.2) is 15.9 Å². The number of Topliss-reactive ketones (excluding diaryl/α,β-unsaturated/α-hetero) is 1. The molecule has 2 heterocycles. The van der Waals surface area contributed by atoms with Crippen molar-refractivity contribution >= 4 is 33.0 Å². The highest BCUT2D eigenvalue weighted by Gasteiger charge is 2.17. The third-order valence-electron chi connectivity index (χ3n) is 2.61. The monoisotopic (exact) mass is 303 g/mol. The maximum atomic E-state index is 11.8. The highest BCUT2D eigenvalue weighted by molar-refractivity contribution is 9.10. The molecule has 0 saturated carbocycles. The van der Waals surface area contributed by atoms with Gasteiger partial charge in [0.05, 0.1) is 11.0 Å². The summed E-state index contributed by atoms with van der Waals surface area (Å²) in [5.74, 6) is 0.0698. The van der Waals surface area contributed by atoms with Crippen LogP contribution in [0.4, 0.5) is 0 Å². The summed E-state index contributed by atoms with van der Waals surface area (Å²) in [7, 11) is 0. The van der Waals surface area contributed by atoms with Gasteiger partial charge in [0.15, 0.2) is 5.78 Å². The molecule has 0 bridgehead atoms. The average molecular weight is 304 g/mol. The van der Waals surface area contributed by atoms with E-state index in [-0.39, 0.29) is 18.5 Å². The summed E-state index contributed by atoms with van der Waals surface area (Å²) in [4.78, 5) is 12.6. The third kappa shape index (κ3) is 3.13. The Labute approximate surface area is 107 Å². The van der Waals surface area contributed by atoms with Gasteiger partial charge in [-0.25, -0.2) is 0 Å². The van der Waals surface area contributed by atoms with Gasteiger partial charge in [-0.3, -0.25) is 4.79 Å². The predicted molar refractivity (Wildman–Crippen MR) is 68.2 cm³/mol. The number of carbonyl (C=O) groups is 1.